The number of aliphatic hydroxyl groups is 1. The number of carboxylic acid groups (broad SMARTS) is 2. The molecule has 0 bridgehead atoms. The fraction of sp³-hybridized carbons (Fsp3) is 0.413. The highest BCUT2D eigenvalue weighted by atomic mass is 32.1. The second-order valence-corrected chi connectivity index (χ2v) is 17.8. The molecule has 1 heterocycles. The molecule has 0 radical (unpaired) electrons. The first-order valence-electron chi connectivity index (χ1n) is 23.3. The van der Waals surface area contributed by atoms with Gasteiger partial charge in [-0.1, -0.05) is 42.5 Å². The van der Waals surface area contributed by atoms with Gasteiger partial charge in [-0.25, -0.2) is 9.78 Å². The zero-order valence-electron chi connectivity index (χ0n) is 40.9. The minimum absolute atomic E-state index is 0.0865. The Morgan fingerprint density at radius 3 is 1.44 bits per heavy atom. The van der Waals surface area contributed by atoms with E-state index in [2.05, 4.69) is 77.8 Å². The van der Waals surface area contributed by atoms with Crippen molar-refractivity contribution >= 4 is 96.3 Å². The summed E-state index contributed by atoms with van der Waals surface area (Å²) in [5.41, 5.74) is 18.1. The zero-order chi connectivity index (χ0) is 57.4. The van der Waals surface area contributed by atoms with Crippen LogP contribution in [0.2, 0.25) is 0 Å². The van der Waals surface area contributed by atoms with E-state index >= 15 is 0 Å². The van der Waals surface area contributed by atoms with Gasteiger partial charge in [-0.05, 0) is 36.1 Å². The predicted molar refractivity (Wildman–Crippen MR) is 275 cm³/mol. The molecule has 0 saturated carbocycles. The Hall–Kier alpha value is -8.29. The number of aliphatic hydroxyl groups excluding tert-OH is 1. The summed E-state index contributed by atoms with van der Waals surface area (Å²) in [7, 11) is 0. The molecular weight excluding hydrogens is 1050 g/mol. The first-order valence-corrected chi connectivity index (χ1v) is 24.5. The van der Waals surface area contributed by atoms with Crippen molar-refractivity contribution in [3.63, 3.8) is 0 Å². The molecule has 2 aromatic carbocycles. The molecule has 10 amide bonds. The Bertz CT molecular complexity index is 2560. The molecule has 0 saturated heterocycles. The molecule has 3 aromatic rings. The number of benzene rings is 2. The molecule has 0 aliphatic heterocycles. The number of phenols is 1. The number of imidazole rings is 1. The average molecular weight is 1120 g/mol. The van der Waals surface area contributed by atoms with Gasteiger partial charge in [0.2, 0.25) is 59.1 Å². The lowest BCUT2D eigenvalue weighted by Crippen LogP contribution is -2.61. The van der Waals surface area contributed by atoms with Gasteiger partial charge in [-0.15, -0.1) is 0 Å². The number of thiol groups is 2. The zero-order valence-corrected chi connectivity index (χ0v) is 42.7. The number of hydrogen-bond donors (Lipinski definition) is 18. The number of aromatic amines is 1. The van der Waals surface area contributed by atoms with Gasteiger partial charge >= 0.3 is 11.9 Å². The highest BCUT2D eigenvalue weighted by Crippen LogP contribution is 2.13. The number of nitrogens with one attached hydrogen (secondary N) is 9. The molecule has 0 fully saturated rings. The fourth-order valence-corrected chi connectivity index (χ4v) is 7.49. The van der Waals surface area contributed by atoms with Gasteiger partial charge < -0.3 is 85.1 Å². The number of aliphatic carboxylic acids is 2. The number of carbonyl (C=O) groups is 12. The van der Waals surface area contributed by atoms with Crippen LogP contribution >= 0.6 is 25.3 Å². The molecule has 31 heteroatoms. The minimum atomic E-state index is -1.99. The molecule has 0 aliphatic carbocycles. The Balaban J connectivity index is 1.78. The summed E-state index contributed by atoms with van der Waals surface area (Å²) in [5.74, 6) is -15.1. The Morgan fingerprint density at radius 2 is 0.961 bits per heavy atom. The number of primary amides is 2. The van der Waals surface area contributed by atoms with Crippen LogP contribution in [-0.2, 0) is 76.8 Å². The van der Waals surface area contributed by atoms with Crippen molar-refractivity contribution in [2.45, 2.75) is 99.3 Å². The number of nitrogens with two attached hydrogens (primary N) is 3. The van der Waals surface area contributed by atoms with E-state index in [-0.39, 0.29) is 36.5 Å². The van der Waals surface area contributed by atoms with Crippen LogP contribution in [0, 0.1) is 0 Å². The van der Waals surface area contributed by atoms with E-state index in [1.165, 1.54) is 36.8 Å². The van der Waals surface area contributed by atoms with Gasteiger partial charge in [0.1, 0.15) is 54.1 Å². The Kier molecular flexibility index (Phi) is 25.8. The lowest BCUT2D eigenvalue weighted by Gasteiger charge is -2.27. The molecule has 0 spiro atoms. The SMILES string of the molecule is NC(=O)C[C@H](NC(=O)[C@H](CCC(=O)O)NC(=O)[C@H](CO)NC(=O)[C@H](CC(N)=O)NC(=O)[C@H](CS)NC(=O)[C@@H](N)Cc1ccccc1)C(=O)N[C@@H](Cc1cnc[nH]1)C(=O)N[C@@H](CS)C(=O)N[C@@H](Cc1ccc(O)cc1)C(=O)O. The molecule has 0 unspecified atom stereocenters. The van der Waals surface area contributed by atoms with Crippen molar-refractivity contribution in [3.8, 4) is 5.75 Å². The standard InChI is InChI=1S/C46H61N13O16S2/c47-26(12-22-4-2-1-3-5-22)38(66)58-33(19-76)44(72)55-30(16-36(49)63)42(70)57-32(18-60)43(71)52-27(10-11-37(64)65)39(67)54-29(15-35(48)62)41(69)53-28(14-24-17-50-21-51-24)40(68)59-34(20-77)45(73)56-31(46(74)75)13-23-6-8-25(61)9-7-23/h1-9,17,21,26-34,60-61,76-77H,10-16,18-20,47H2,(H2,48,62)(H2,49,63)(H,50,51)(H,52,71)(H,53,69)(H,54,67)(H,55,72)(H,56,73)(H,57,70)(H,58,66)(H,59,68)(H,64,65)(H,74,75)/t26-,27-,28-,29-,30-,31-,32-,33-,34-/m0/s1. The van der Waals surface area contributed by atoms with Gasteiger partial charge in [0, 0.05) is 42.7 Å². The maximum Gasteiger partial charge on any atom is 0.326 e. The number of carboxylic acids is 2. The Labute approximate surface area is 449 Å². The highest BCUT2D eigenvalue weighted by Gasteiger charge is 2.36. The quantitative estimate of drug-likeness (QED) is 0.0252. The number of carbonyl (C=O) groups excluding carboxylic acids is 10. The molecule has 418 valence electrons. The summed E-state index contributed by atoms with van der Waals surface area (Å²) >= 11 is 8.21. The first kappa shape index (κ1) is 63.0. The third-order valence-electron chi connectivity index (χ3n) is 11.0. The number of nitrogens with zero attached hydrogens (tertiary/aromatic N) is 1. The van der Waals surface area contributed by atoms with E-state index in [1.807, 2.05) is 0 Å². The number of rotatable bonds is 33. The lowest BCUT2D eigenvalue weighted by molar-refractivity contribution is -0.142. The van der Waals surface area contributed by atoms with Crippen molar-refractivity contribution < 1.29 is 78.0 Å². The van der Waals surface area contributed by atoms with E-state index in [0.29, 0.717) is 11.1 Å². The van der Waals surface area contributed by atoms with Crippen LogP contribution in [0.15, 0.2) is 67.1 Å². The van der Waals surface area contributed by atoms with Crippen molar-refractivity contribution in [2.75, 3.05) is 18.1 Å². The number of aromatic hydroxyl groups is 1. The molecular formula is C46H61N13O16S2. The summed E-state index contributed by atoms with van der Waals surface area (Å²) in [6.07, 6.45) is -1.38. The molecule has 19 N–H and O–H groups in total. The molecule has 29 nitrogen and oxygen atoms in total. The van der Waals surface area contributed by atoms with Crippen LogP contribution in [0.1, 0.15) is 42.5 Å². The van der Waals surface area contributed by atoms with E-state index < -0.39 is 163 Å². The number of amides is 10. The summed E-state index contributed by atoms with van der Waals surface area (Å²) in [5, 5.41) is 57.0. The number of H-pyrrole nitrogens is 1. The molecule has 77 heavy (non-hydrogen) atoms. The Morgan fingerprint density at radius 1 is 0.532 bits per heavy atom. The van der Waals surface area contributed by atoms with Crippen molar-refractivity contribution in [2.24, 2.45) is 17.2 Å². The van der Waals surface area contributed by atoms with E-state index in [1.54, 1.807) is 30.3 Å². The number of phenolic OH excluding ortho intramolecular Hbond substituents is 1. The molecule has 1 aromatic heterocycles. The fourth-order valence-electron chi connectivity index (χ4n) is 6.98. The average Bonchev–Trinajstić information content (AvgIpc) is 3.90. The second kappa shape index (κ2) is 31.6. The minimum Gasteiger partial charge on any atom is -0.508 e. The van der Waals surface area contributed by atoms with Crippen LogP contribution in [0.4, 0.5) is 0 Å². The van der Waals surface area contributed by atoms with Crippen molar-refractivity contribution in [1.29, 1.82) is 0 Å². The van der Waals surface area contributed by atoms with Gasteiger partial charge in [0.25, 0.3) is 0 Å². The van der Waals surface area contributed by atoms with Gasteiger partial charge in [-0.2, -0.15) is 25.3 Å². The summed E-state index contributed by atoms with van der Waals surface area (Å²) < 4.78 is 0. The third-order valence-corrected chi connectivity index (χ3v) is 11.8. The summed E-state index contributed by atoms with van der Waals surface area (Å²) in [4.78, 5) is 163. The molecule has 9 atom stereocenters. The third kappa shape index (κ3) is 21.8. The van der Waals surface area contributed by atoms with Gasteiger partial charge in [0.05, 0.1) is 31.8 Å². The number of hydrogen-bond acceptors (Lipinski definition) is 18. The van der Waals surface area contributed by atoms with Gasteiger partial charge in [0.15, 0.2) is 0 Å². The van der Waals surface area contributed by atoms with Crippen LogP contribution in [0.5, 0.6) is 5.75 Å². The maximum absolute atomic E-state index is 13.9. The number of aromatic nitrogens is 2. The molecule has 0 aliphatic rings. The van der Waals surface area contributed by atoms with Crippen molar-refractivity contribution in [1.82, 2.24) is 52.5 Å². The lowest BCUT2D eigenvalue weighted by atomic mass is 10.0. The smallest absolute Gasteiger partial charge is 0.326 e. The van der Waals surface area contributed by atoms with E-state index in [4.69, 9.17) is 17.2 Å². The first-order chi connectivity index (χ1) is 36.4. The summed E-state index contributed by atoms with van der Waals surface area (Å²) in [6, 6.07) is -0.766. The normalized spacial score (nSPS) is 14.4. The monoisotopic (exact) mass is 1120 g/mol. The van der Waals surface area contributed by atoms with Crippen molar-refractivity contribution in [3.05, 3.63) is 83.9 Å². The van der Waals surface area contributed by atoms with E-state index in [9.17, 15) is 78.0 Å². The second-order valence-electron chi connectivity index (χ2n) is 17.1. The molecule has 3 rings (SSSR count). The van der Waals surface area contributed by atoms with Crippen LogP contribution < -0.4 is 59.7 Å². The topological polar surface area (TPSA) is 489 Å². The highest BCUT2D eigenvalue weighted by molar-refractivity contribution is 7.80. The largest absolute Gasteiger partial charge is 0.508 e. The van der Waals surface area contributed by atoms with Crippen LogP contribution in [0.3, 0.4) is 0 Å². The summed E-state index contributed by atoms with van der Waals surface area (Å²) in [6.45, 7) is -1.21. The maximum atomic E-state index is 13.9. The van der Waals surface area contributed by atoms with Crippen LogP contribution in [0.25, 0.3) is 0 Å². The van der Waals surface area contributed by atoms with E-state index in [0.717, 1.165) is 0 Å². The van der Waals surface area contributed by atoms with Crippen LogP contribution in [-0.4, -0.2) is 174 Å². The predicted octanol–water partition coefficient (Wildman–Crippen LogP) is -6.10. The van der Waals surface area contributed by atoms with Gasteiger partial charge in [-0.3, -0.25) is 52.7 Å².